The molecule has 0 aromatic carbocycles. The molecule has 4 nitrogen and oxygen atoms in total. The Hall–Kier alpha value is -1.84. The van der Waals surface area contributed by atoms with Crippen LogP contribution in [0.1, 0.15) is 49.4 Å². The van der Waals surface area contributed by atoms with Crippen molar-refractivity contribution < 1.29 is 0 Å². The molecule has 3 N–H and O–H groups in total. The monoisotopic (exact) mass is 257 g/mol. The van der Waals surface area contributed by atoms with Crippen molar-refractivity contribution in [2.24, 2.45) is 0 Å². The third-order valence-electron chi connectivity index (χ3n) is 4.27. The number of nitrogens with zero attached hydrogens (tertiary/aromatic N) is 1. The molecule has 1 aliphatic rings. The molecule has 0 aliphatic heterocycles. The second-order valence-corrected chi connectivity index (χ2v) is 5.42. The maximum absolute atomic E-state index is 12.0. The quantitative estimate of drug-likeness (QED) is 0.868. The topological polar surface area (TPSA) is 71.8 Å². The third kappa shape index (κ3) is 1.74. The van der Waals surface area contributed by atoms with Crippen LogP contribution in [0.3, 0.4) is 0 Å². The van der Waals surface area contributed by atoms with Gasteiger partial charge in [0.25, 0.3) is 5.56 Å². The van der Waals surface area contributed by atoms with Crippen LogP contribution in [-0.2, 0) is 12.8 Å². The number of hydrogen-bond donors (Lipinski definition) is 2. The van der Waals surface area contributed by atoms with Crippen molar-refractivity contribution in [3.05, 3.63) is 33.4 Å². The number of nitrogens with one attached hydrogen (secondary N) is 1. The zero-order chi connectivity index (χ0) is 13.6. The number of fused-ring (bicyclic) bond motifs is 3. The SMILES string of the molecule is CCC(C)c1c(N)c(=O)[nH]c2cnc3c(c12)CCC3. The second kappa shape index (κ2) is 4.37. The first-order valence-electron chi connectivity index (χ1n) is 6.95. The summed E-state index contributed by atoms with van der Waals surface area (Å²) in [6.45, 7) is 4.25. The van der Waals surface area contributed by atoms with Gasteiger partial charge in [-0.3, -0.25) is 9.78 Å². The molecular formula is C15H19N3O. The van der Waals surface area contributed by atoms with Crippen molar-refractivity contribution in [1.82, 2.24) is 9.97 Å². The summed E-state index contributed by atoms with van der Waals surface area (Å²) in [5.41, 5.74) is 10.5. The molecule has 2 heterocycles. The smallest absolute Gasteiger partial charge is 0.271 e. The number of H-pyrrole nitrogens is 1. The fourth-order valence-corrected chi connectivity index (χ4v) is 3.07. The lowest BCUT2D eigenvalue weighted by molar-refractivity contribution is 0.739. The van der Waals surface area contributed by atoms with E-state index < -0.39 is 0 Å². The van der Waals surface area contributed by atoms with E-state index in [-0.39, 0.29) is 11.5 Å². The van der Waals surface area contributed by atoms with E-state index >= 15 is 0 Å². The van der Waals surface area contributed by atoms with Crippen LogP contribution in [0.2, 0.25) is 0 Å². The van der Waals surface area contributed by atoms with Crippen LogP contribution >= 0.6 is 0 Å². The molecule has 4 heteroatoms. The normalized spacial score (nSPS) is 15.7. The van der Waals surface area contributed by atoms with E-state index in [0.29, 0.717) is 5.69 Å². The van der Waals surface area contributed by atoms with Crippen molar-refractivity contribution >= 4 is 16.6 Å². The van der Waals surface area contributed by atoms with E-state index in [2.05, 4.69) is 23.8 Å². The molecule has 0 saturated carbocycles. The molecule has 3 rings (SSSR count). The molecule has 0 fully saturated rings. The molecule has 1 atom stereocenters. The van der Waals surface area contributed by atoms with Crippen LogP contribution in [0.25, 0.3) is 10.9 Å². The molecule has 0 amide bonds. The van der Waals surface area contributed by atoms with Crippen LogP contribution in [0.5, 0.6) is 0 Å². The second-order valence-electron chi connectivity index (χ2n) is 5.42. The maximum Gasteiger partial charge on any atom is 0.271 e. The fourth-order valence-electron chi connectivity index (χ4n) is 3.07. The molecule has 0 spiro atoms. The minimum atomic E-state index is -0.192. The molecule has 0 bridgehead atoms. The van der Waals surface area contributed by atoms with E-state index in [4.69, 9.17) is 5.73 Å². The summed E-state index contributed by atoms with van der Waals surface area (Å²) in [6, 6.07) is 0. The van der Waals surface area contributed by atoms with Crippen LogP contribution in [-0.4, -0.2) is 9.97 Å². The van der Waals surface area contributed by atoms with Crippen molar-refractivity contribution in [2.45, 2.75) is 45.4 Å². The molecule has 2 aromatic rings. The molecule has 1 aliphatic carbocycles. The van der Waals surface area contributed by atoms with Gasteiger partial charge in [0.2, 0.25) is 0 Å². The van der Waals surface area contributed by atoms with Crippen LogP contribution < -0.4 is 11.3 Å². The number of aryl methyl sites for hydroxylation is 2. The third-order valence-corrected chi connectivity index (χ3v) is 4.27. The number of anilines is 1. The Morgan fingerprint density at radius 2 is 2.26 bits per heavy atom. The Morgan fingerprint density at radius 1 is 1.47 bits per heavy atom. The van der Waals surface area contributed by atoms with Gasteiger partial charge in [-0.1, -0.05) is 13.8 Å². The highest BCUT2D eigenvalue weighted by Gasteiger charge is 2.22. The molecular weight excluding hydrogens is 238 g/mol. The number of aromatic nitrogens is 2. The fraction of sp³-hybridized carbons (Fsp3) is 0.467. The van der Waals surface area contributed by atoms with Crippen molar-refractivity contribution in [1.29, 1.82) is 0 Å². The van der Waals surface area contributed by atoms with Gasteiger partial charge in [0.1, 0.15) is 5.69 Å². The van der Waals surface area contributed by atoms with Gasteiger partial charge in [0.05, 0.1) is 11.7 Å². The molecule has 0 saturated heterocycles. The first-order valence-corrected chi connectivity index (χ1v) is 6.95. The van der Waals surface area contributed by atoms with Crippen LogP contribution in [0.15, 0.2) is 11.0 Å². The summed E-state index contributed by atoms with van der Waals surface area (Å²) >= 11 is 0. The zero-order valence-corrected chi connectivity index (χ0v) is 11.4. The number of nitrogens with two attached hydrogens (primary N) is 1. The summed E-state index contributed by atoms with van der Waals surface area (Å²) in [7, 11) is 0. The molecule has 100 valence electrons. The van der Waals surface area contributed by atoms with Gasteiger partial charge in [-0.05, 0) is 42.7 Å². The van der Waals surface area contributed by atoms with E-state index in [9.17, 15) is 4.79 Å². The minimum absolute atomic E-state index is 0.192. The predicted octanol–water partition coefficient (Wildman–Crippen LogP) is 2.51. The Balaban J connectivity index is 2.46. The Labute approximate surface area is 112 Å². The summed E-state index contributed by atoms with van der Waals surface area (Å²) in [5.74, 6) is 0.289. The van der Waals surface area contributed by atoms with E-state index in [1.165, 1.54) is 11.3 Å². The molecule has 2 aromatic heterocycles. The van der Waals surface area contributed by atoms with Crippen LogP contribution in [0, 0.1) is 0 Å². The highest BCUT2D eigenvalue weighted by molar-refractivity contribution is 5.90. The highest BCUT2D eigenvalue weighted by atomic mass is 16.1. The maximum atomic E-state index is 12.0. The summed E-state index contributed by atoms with van der Waals surface area (Å²) in [4.78, 5) is 19.3. The van der Waals surface area contributed by atoms with Crippen molar-refractivity contribution in [3.63, 3.8) is 0 Å². The highest BCUT2D eigenvalue weighted by Crippen LogP contribution is 2.35. The first kappa shape index (κ1) is 12.2. The van der Waals surface area contributed by atoms with Gasteiger partial charge < -0.3 is 10.7 Å². The number of pyridine rings is 2. The van der Waals surface area contributed by atoms with E-state index in [0.717, 1.165) is 42.1 Å². The average Bonchev–Trinajstić information content (AvgIpc) is 2.88. The Morgan fingerprint density at radius 3 is 3.00 bits per heavy atom. The average molecular weight is 257 g/mol. The lowest BCUT2D eigenvalue weighted by atomic mass is 9.91. The minimum Gasteiger partial charge on any atom is -0.394 e. The summed E-state index contributed by atoms with van der Waals surface area (Å²) in [5, 5.41) is 1.15. The first-order chi connectivity index (χ1) is 9.13. The molecule has 1 unspecified atom stereocenters. The van der Waals surface area contributed by atoms with E-state index in [1.807, 2.05) is 0 Å². The van der Waals surface area contributed by atoms with Gasteiger partial charge in [-0.15, -0.1) is 0 Å². The number of rotatable bonds is 2. The summed E-state index contributed by atoms with van der Waals surface area (Å²) in [6.07, 6.45) is 5.96. The number of hydrogen-bond acceptors (Lipinski definition) is 3. The van der Waals surface area contributed by atoms with Gasteiger partial charge >= 0.3 is 0 Å². The molecule has 0 radical (unpaired) electrons. The van der Waals surface area contributed by atoms with Crippen molar-refractivity contribution in [2.75, 3.05) is 5.73 Å². The Bertz CT molecular complexity index is 703. The van der Waals surface area contributed by atoms with Gasteiger partial charge in [-0.2, -0.15) is 0 Å². The lowest BCUT2D eigenvalue weighted by Gasteiger charge is -2.17. The van der Waals surface area contributed by atoms with E-state index in [1.54, 1.807) is 6.20 Å². The van der Waals surface area contributed by atoms with Crippen LogP contribution in [0.4, 0.5) is 5.69 Å². The zero-order valence-electron chi connectivity index (χ0n) is 11.4. The number of aromatic amines is 1. The summed E-state index contributed by atoms with van der Waals surface area (Å²) < 4.78 is 0. The molecule has 19 heavy (non-hydrogen) atoms. The van der Waals surface area contributed by atoms with Crippen molar-refractivity contribution in [3.8, 4) is 0 Å². The largest absolute Gasteiger partial charge is 0.394 e. The van der Waals surface area contributed by atoms with Gasteiger partial charge in [0, 0.05) is 11.1 Å². The lowest BCUT2D eigenvalue weighted by Crippen LogP contribution is -2.17. The number of nitrogen functional groups attached to an aromatic ring is 1. The standard InChI is InChI=1S/C15H19N3O/c1-3-8(2)12-13-9-5-4-6-10(9)17-7-11(13)18-15(19)14(12)16/h7-8H,3-6,16H2,1-2H3,(H,18,19). The Kier molecular flexibility index (Phi) is 2.81. The van der Waals surface area contributed by atoms with Gasteiger partial charge in [0.15, 0.2) is 0 Å². The van der Waals surface area contributed by atoms with Gasteiger partial charge in [-0.25, -0.2) is 0 Å². The predicted molar refractivity (Wildman–Crippen MR) is 77.5 cm³/mol.